The third-order valence-corrected chi connectivity index (χ3v) is 7.78. The summed E-state index contributed by atoms with van der Waals surface area (Å²) in [5, 5.41) is 9.86. The van der Waals surface area contributed by atoms with Crippen molar-refractivity contribution in [2.75, 3.05) is 0 Å². The van der Waals surface area contributed by atoms with Crippen molar-refractivity contribution in [3.05, 3.63) is 28.8 Å². The van der Waals surface area contributed by atoms with E-state index < -0.39 is 26.9 Å². The molecule has 26 heavy (non-hydrogen) atoms. The molecule has 1 aromatic carbocycles. The van der Waals surface area contributed by atoms with E-state index in [1.807, 2.05) is 26.8 Å². The first kappa shape index (κ1) is 19.4. The highest BCUT2D eigenvalue weighted by atomic mass is 32.2. The summed E-state index contributed by atoms with van der Waals surface area (Å²) in [5.74, 6) is -0.850. The minimum atomic E-state index is -4.34. The van der Waals surface area contributed by atoms with Crippen molar-refractivity contribution in [3.63, 3.8) is 0 Å². The Morgan fingerprint density at radius 2 is 1.88 bits per heavy atom. The van der Waals surface area contributed by atoms with E-state index in [9.17, 15) is 22.9 Å². The molecule has 0 heterocycles. The number of carboxylic acid groups (broad SMARTS) is 1. The van der Waals surface area contributed by atoms with E-state index in [1.54, 1.807) is 6.07 Å². The molecule has 0 unspecified atom stereocenters. The van der Waals surface area contributed by atoms with E-state index in [0.717, 1.165) is 36.8 Å². The number of hydrogen-bond acceptors (Lipinski definition) is 3. The largest absolute Gasteiger partial charge is 0.481 e. The maximum absolute atomic E-state index is 12.0. The van der Waals surface area contributed by atoms with Crippen molar-refractivity contribution in [1.29, 1.82) is 0 Å². The average molecular weight is 381 g/mol. The van der Waals surface area contributed by atoms with Crippen LogP contribution in [0.15, 0.2) is 17.0 Å². The summed E-state index contributed by atoms with van der Waals surface area (Å²) in [6, 6.07) is 3.54. The van der Waals surface area contributed by atoms with Crippen LogP contribution in [0.25, 0.3) is 0 Å². The van der Waals surface area contributed by atoms with Crippen LogP contribution in [0.2, 0.25) is 0 Å². The molecule has 2 N–H and O–H groups in total. The van der Waals surface area contributed by atoms with Gasteiger partial charge in [-0.3, -0.25) is 9.35 Å². The van der Waals surface area contributed by atoms with E-state index in [-0.39, 0.29) is 16.7 Å². The summed E-state index contributed by atoms with van der Waals surface area (Å²) in [6.07, 6.45) is 3.80. The first-order valence-corrected chi connectivity index (χ1v) is 10.7. The average Bonchev–Trinajstić information content (AvgIpc) is 2.52. The lowest BCUT2D eigenvalue weighted by atomic mass is 9.50. The van der Waals surface area contributed by atoms with Crippen LogP contribution in [0.3, 0.4) is 0 Å². The van der Waals surface area contributed by atoms with Crippen LogP contribution in [0.4, 0.5) is 0 Å². The Morgan fingerprint density at radius 3 is 2.42 bits per heavy atom. The van der Waals surface area contributed by atoms with Gasteiger partial charge in [-0.2, -0.15) is 8.42 Å². The van der Waals surface area contributed by atoms with Crippen molar-refractivity contribution < 1.29 is 22.9 Å². The van der Waals surface area contributed by atoms with Crippen molar-refractivity contribution in [2.24, 2.45) is 11.3 Å². The summed E-state index contributed by atoms with van der Waals surface area (Å²) < 4.78 is 33.8. The van der Waals surface area contributed by atoms with Gasteiger partial charge in [0.1, 0.15) is 0 Å². The number of carbonyl (C=O) groups is 1. The van der Waals surface area contributed by atoms with Crippen LogP contribution in [-0.4, -0.2) is 24.0 Å². The van der Waals surface area contributed by atoms with Gasteiger partial charge in [-0.25, -0.2) is 0 Å². The molecular weight excluding hydrogens is 352 g/mol. The lowest BCUT2D eigenvalue weighted by Gasteiger charge is -2.53. The molecule has 2 aliphatic rings. The maximum Gasteiger partial charge on any atom is 0.309 e. The number of aliphatic carboxylic acids is 1. The van der Waals surface area contributed by atoms with E-state index >= 15 is 0 Å². The number of rotatable bonds is 3. The minimum absolute atomic E-state index is 0.0293. The van der Waals surface area contributed by atoms with Crippen molar-refractivity contribution >= 4 is 16.1 Å². The molecule has 0 radical (unpaired) electrons. The van der Waals surface area contributed by atoms with Gasteiger partial charge in [0.05, 0.1) is 10.3 Å². The molecule has 0 aromatic heterocycles. The zero-order valence-electron chi connectivity index (χ0n) is 15.9. The molecule has 0 amide bonds. The SMILES string of the molecule is CC(C)c1cc2c(cc1S(=O)(=O)O)[C@@]1(C)CCC[C@](C)(C(=O)O)[C@@H]1CC2. The van der Waals surface area contributed by atoms with E-state index in [1.165, 1.54) is 0 Å². The van der Waals surface area contributed by atoms with Gasteiger partial charge >= 0.3 is 5.97 Å². The lowest BCUT2D eigenvalue weighted by molar-refractivity contribution is -0.157. The predicted molar refractivity (Wildman–Crippen MR) is 99.1 cm³/mol. The van der Waals surface area contributed by atoms with E-state index in [0.29, 0.717) is 12.0 Å². The van der Waals surface area contributed by atoms with Crippen LogP contribution in [0, 0.1) is 11.3 Å². The quantitative estimate of drug-likeness (QED) is 0.769. The zero-order chi connectivity index (χ0) is 19.5. The lowest BCUT2D eigenvalue weighted by Crippen LogP contribution is -2.52. The number of carboxylic acids is 1. The number of hydrogen-bond donors (Lipinski definition) is 2. The molecule has 1 fully saturated rings. The second kappa shape index (κ2) is 6.06. The van der Waals surface area contributed by atoms with Gasteiger partial charge in [0.2, 0.25) is 0 Å². The summed E-state index contributed by atoms with van der Waals surface area (Å²) >= 11 is 0. The molecule has 3 rings (SSSR count). The fourth-order valence-electron chi connectivity index (χ4n) is 5.45. The van der Waals surface area contributed by atoms with Crippen molar-refractivity contribution in [2.45, 2.75) is 76.0 Å². The van der Waals surface area contributed by atoms with Gasteiger partial charge in [-0.15, -0.1) is 0 Å². The van der Waals surface area contributed by atoms with Gasteiger partial charge in [-0.1, -0.05) is 33.3 Å². The molecular formula is C20H28O5S. The second-order valence-electron chi connectivity index (χ2n) is 8.76. The molecule has 1 saturated carbocycles. The topological polar surface area (TPSA) is 91.7 Å². The zero-order valence-corrected chi connectivity index (χ0v) is 16.7. The second-order valence-corrected chi connectivity index (χ2v) is 10.2. The van der Waals surface area contributed by atoms with Crippen LogP contribution in [0.1, 0.15) is 76.0 Å². The highest BCUT2D eigenvalue weighted by Gasteiger charge is 2.55. The Labute approximate surface area is 155 Å². The van der Waals surface area contributed by atoms with Crippen molar-refractivity contribution in [1.82, 2.24) is 0 Å². The van der Waals surface area contributed by atoms with Crippen LogP contribution in [-0.2, 0) is 26.7 Å². The van der Waals surface area contributed by atoms with E-state index in [2.05, 4.69) is 6.92 Å². The Balaban J connectivity index is 2.24. The first-order valence-electron chi connectivity index (χ1n) is 9.29. The summed E-state index contributed by atoms with van der Waals surface area (Å²) in [6.45, 7) is 7.71. The van der Waals surface area contributed by atoms with Crippen LogP contribution in [0.5, 0.6) is 0 Å². The van der Waals surface area contributed by atoms with Gasteiger partial charge in [-0.05, 0) is 72.6 Å². The fraction of sp³-hybridized carbons (Fsp3) is 0.650. The van der Waals surface area contributed by atoms with E-state index in [4.69, 9.17) is 0 Å². The molecule has 6 heteroatoms. The highest BCUT2D eigenvalue weighted by Crippen LogP contribution is 2.57. The molecule has 144 valence electrons. The number of aryl methyl sites for hydroxylation is 1. The Kier molecular flexibility index (Phi) is 4.51. The summed E-state index contributed by atoms with van der Waals surface area (Å²) in [4.78, 5) is 12.0. The summed E-state index contributed by atoms with van der Waals surface area (Å²) in [7, 11) is -4.34. The first-order chi connectivity index (χ1) is 11.9. The van der Waals surface area contributed by atoms with Gasteiger partial charge < -0.3 is 5.11 Å². The molecule has 0 saturated heterocycles. The fourth-order valence-corrected chi connectivity index (χ4v) is 6.31. The predicted octanol–water partition coefficient (Wildman–Crippen LogP) is 4.15. The normalized spacial score (nSPS) is 31.4. The highest BCUT2D eigenvalue weighted by molar-refractivity contribution is 7.85. The molecule has 0 bridgehead atoms. The molecule has 0 aliphatic heterocycles. The summed E-state index contributed by atoms with van der Waals surface area (Å²) in [5.41, 5.74) is 1.42. The Hall–Kier alpha value is -1.40. The number of benzene rings is 1. The standard InChI is InChI=1S/C20H28O5S/c1-12(2)14-10-13-6-7-17-19(3,8-5-9-20(17,4)18(21)22)15(13)11-16(14)26(23,24)25/h10-12,17H,5-9H2,1-4H3,(H,21,22)(H,23,24,25)/t17-,19-,20+/m1/s1. The van der Waals surface area contributed by atoms with Gasteiger partial charge in [0.15, 0.2) is 0 Å². The monoisotopic (exact) mass is 380 g/mol. The molecule has 1 aromatic rings. The minimum Gasteiger partial charge on any atom is -0.481 e. The Morgan fingerprint density at radius 1 is 1.23 bits per heavy atom. The molecule has 2 aliphatic carbocycles. The molecule has 3 atom stereocenters. The third kappa shape index (κ3) is 2.78. The smallest absolute Gasteiger partial charge is 0.309 e. The van der Waals surface area contributed by atoms with Gasteiger partial charge in [0.25, 0.3) is 10.1 Å². The van der Waals surface area contributed by atoms with Crippen molar-refractivity contribution in [3.8, 4) is 0 Å². The van der Waals surface area contributed by atoms with Crippen LogP contribution >= 0.6 is 0 Å². The number of fused-ring (bicyclic) bond motifs is 3. The third-order valence-electron chi connectivity index (χ3n) is 6.87. The van der Waals surface area contributed by atoms with Gasteiger partial charge in [0, 0.05) is 0 Å². The Bertz CT molecular complexity index is 857. The van der Waals surface area contributed by atoms with Crippen LogP contribution < -0.4 is 0 Å². The maximum atomic E-state index is 12.0. The molecule has 5 nitrogen and oxygen atoms in total. The molecule has 0 spiro atoms.